The SMILES string of the molecule is COc1ccc(CC#Cc2ccc3c(c2)C(=O)/C(=C/c2ccc(F)c(Cl)c2)C(=O)N3C)cc1. The number of ketones is 1. The third kappa shape index (κ3) is 4.67. The summed E-state index contributed by atoms with van der Waals surface area (Å²) in [5, 5.41) is -0.0803. The number of rotatable bonds is 3. The zero-order valence-electron chi connectivity index (χ0n) is 18.0. The van der Waals surface area contributed by atoms with Gasteiger partial charge in [0.1, 0.15) is 11.6 Å². The highest BCUT2D eigenvalue weighted by Gasteiger charge is 2.32. The fourth-order valence-corrected chi connectivity index (χ4v) is 3.70. The molecule has 1 amide bonds. The third-order valence-electron chi connectivity index (χ3n) is 5.32. The first-order valence-corrected chi connectivity index (χ1v) is 10.5. The number of likely N-dealkylation sites (N-methyl/N-ethyl adjacent to an activating group) is 1. The zero-order chi connectivity index (χ0) is 23.5. The molecule has 0 spiro atoms. The van der Waals surface area contributed by atoms with Crippen molar-refractivity contribution in [1.82, 2.24) is 0 Å². The molecule has 0 saturated heterocycles. The van der Waals surface area contributed by atoms with E-state index in [1.165, 1.54) is 29.2 Å². The van der Waals surface area contributed by atoms with E-state index < -0.39 is 17.5 Å². The van der Waals surface area contributed by atoms with Crippen LogP contribution in [0.25, 0.3) is 6.08 Å². The number of ether oxygens (including phenoxy) is 1. The van der Waals surface area contributed by atoms with Crippen molar-refractivity contribution in [3.05, 3.63) is 99.3 Å². The van der Waals surface area contributed by atoms with Gasteiger partial charge in [-0.1, -0.05) is 41.6 Å². The Kier molecular flexibility index (Phi) is 6.30. The van der Waals surface area contributed by atoms with Crippen LogP contribution in [0.5, 0.6) is 5.75 Å². The van der Waals surface area contributed by atoms with Crippen molar-refractivity contribution in [2.75, 3.05) is 19.1 Å². The average molecular weight is 460 g/mol. The molecule has 6 heteroatoms. The van der Waals surface area contributed by atoms with Crippen LogP contribution in [0.2, 0.25) is 5.02 Å². The predicted octanol–water partition coefficient (Wildman–Crippen LogP) is 5.32. The summed E-state index contributed by atoms with van der Waals surface area (Å²) in [5.74, 6) is 5.56. The largest absolute Gasteiger partial charge is 0.497 e. The number of fused-ring (bicyclic) bond motifs is 1. The van der Waals surface area contributed by atoms with E-state index in [1.807, 2.05) is 24.3 Å². The molecule has 1 aliphatic rings. The number of halogens is 2. The maximum atomic E-state index is 13.5. The monoisotopic (exact) mass is 459 g/mol. The van der Waals surface area contributed by atoms with Crippen LogP contribution in [0.3, 0.4) is 0 Å². The number of anilines is 1. The van der Waals surface area contributed by atoms with Gasteiger partial charge in [0.15, 0.2) is 0 Å². The average Bonchev–Trinajstić information content (AvgIpc) is 2.83. The molecule has 3 aromatic carbocycles. The molecule has 0 saturated carbocycles. The van der Waals surface area contributed by atoms with Gasteiger partial charge in [-0.2, -0.15) is 0 Å². The Morgan fingerprint density at radius 1 is 1.06 bits per heavy atom. The molecular weight excluding hydrogens is 441 g/mol. The Balaban J connectivity index is 1.62. The van der Waals surface area contributed by atoms with Crippen LogP contribution in [0.15, 0.2) is 66.2 Å². The summed E-state index contributed by atoms with van der Waals surface area (Å²) in [7, 11) is 3.22. The first kappa shape index (κ1) is 22.3. The van der Waals surface area contributed by atoms with Gasteiger partial charge in [0.2, 0.25) is 5.78 Å². The van der Waals surface area contributed by atoms with E-state index in [9.17, 15) is 14.0 Å². The Labute approximate surface area is 196 Å². The van der Waals surface area contributed by atoms with E-state index in [0.29, 0.717) is 28.8 Å². The fraction of sp³-hybridized carbons (Fsp3) is 0.111. The lowest BCUT2D eigenvalue weighted by Gasteiger charge is -2.26. The van der Waals surface area contributed by atoms with Gasteiger partial charge in [0.05, 0.1) is 23.4 Å². The topological polar surface area (TPSA) is 46.6 Å². The maximum absolute atomic E-state index is 13.5. The van der Waals surface area contributed by atoms with E-state index in [-0.39, 0.29) is 10.6 Å². The number of carbonyl (C=O) groups excluding carboxylic acids is 2. The standard InChI is InChI=1S/C27H19ClFNO3/c1-30-25-13-9-18(5-3-4-17-6-10-20(33-2)11-7-17)14-21(25)26(31)22(27(30)32)15-19-8-12-24(29)23(28)16-19/h6-16H,4H2,1-2H3/b22-15-. The van der Waals surface area contributed by atoms with Crippen molar-refractivity contribution < 1.29 is 18.7 Å². The number of carbonyl (C=O) groups is 2. The van der Waals surface area contributed by atoms with Crippen LogP contribution in [0.4, 0.5) is 10.1 Å². The summed E-state index contributed by atoms with van der Waals surface area (Å²) in [4.78, 5) is 27.4. The van der Waals surface area contributed by atoms with E-state index in [1.54, 1.807) is 32.4 Å². The van der Waals surface area contributed by atoms with E-state index in [2.05, 4.69) is 11.8 Å². The minimum absolute atomic E-state index is 0.0176. The van der Waals surface area contributed by atoms with Crippen LogP contribution in [0, 0.1) is 17.7 Å². The molecule has 0 aliphatic carbocycles. The van der Waals surface area contributed by atoms with E-state index in [0.717, 1.165) is 11.3 Å². The second-order valence-electron chi connectivity index (χ2n) is 7.48. The number of methoxy groups -OCH3 is 1. The Morgan fingerprint density at radius 3 is 2.52 bits per heavy atom. The Morgan fingerprint density at radius 2 is 1.82 bits per heavy atom. The molecule has 0 N–H and O–H groups in total. The number of amides is 1. The van der Waals surface area contributed by atoms with Crippen LogP contribution in [0.1, 0.15) is 27.0 Å². The van der Waals surface area contributed by atoms with Crippen molar-refractivity contribution in [1.29, 1.82) is 0 Å². The van der Waals surface area contributed by atoms with Gasteiger partial charge in [-0.05, 0) is 59.7 Å². The molecule has 164 valence electrons. The lowest BCUT2D eigenvalue weighted by molar-refractivity contribution is -0.114. The number of benzene rings is 3. The van der Waals surface area contributed by atoms with Gasteiger partial charge in [-0.15, -0.1) is 0 Å². The highest BCUT2D eigenvalue weighted by atomic mass is 35.5. The van der Waals surface area contributed by atoms with Gasteiger partial charge in [-0.3, -0.25) is 9.59 Å². The minimum Gasteiger partial charge on any atom is -0.497 e. The molecule has 0 atom stereocenters. The molecule has 1 heterocycles. The number of Topliss-reactive ketones (excluding diaryl/α,β-unsaturated/α-hetero) is 1. The number of nitrogens with zero attached hydrogens (tertiary/aromatic N) is 1. The van der Waals surface area contributed by atoms with Crippen LogP contribution in [-0.2, 0) is 11.2 Å². The van der Waals surface area contributed by atoms with Crippen molar-refractivity contribution in [2.24, 2.45) is 0 Å². The number of hydrogen-bond acceptors (Lipinski definition) is 3. The second-order valence-corrected chi connectivity index (χ2v) is 7.89. The first-order valence-electron chi connectivity index (χ1n) is 10.1. The highest BCUT2D eigenvalue weighted by molar-refractivity contribution is 6.36. The molecule has 4 rings (SSSR count). The molecule has 3 aromatic rings. The molecule has 0 unspecified atom stereocenters. The number of hydrogen-bond donors (Lipinski definition) is 0. The van der Waals surface area contributed by atoms with Gasteiger partial charge in [0, 0.05) is 24.6 Å². The van der Waals surface area contributed by atoms with Gasteiger partial charge in [-0.25, -0.2) is 4.39 Å². The van der Waals surface area contributed by atoms with Gasteiger partial charge in [0.25, 0.3) is 5.91 Å². The molecule has 1 aliphatic heterocycles. The Hall–Kier alpha value is -3.88. The lowest BCUT2D eigenvalue weighted by atomic mass is 9.92. The Bertz CT molecular complexity index is 1350. The molecular formula is C27H19ClFNO3. The fourth-order valence-electron chi connectivity index (χ4n) is 3.51. The summed E-state index contributed by atoms with van der Waals surface area (Å²) in [6, 6.07) is 16.9. The molecule has 33 heavy (non-hydrogen) atoms. The van der Waals surface area contributed by atoms with Crippen molar-refractivity contribution in [3.8, 4) is 17.6 Å². The quantitative estimate of drug-likeness (QED) is 0.302. The van der Waals surface area contributed by atoms with Crippen LogP contribution < -0.4 is 9.64 Å². The summed E-state index contributed by atoms with van der Waals surface area (Å²) in [5.41, 5.74) is 3.06. The highest BCUT2D eigenvalue weighted by Crippen LogP contribution is 2.31. The molecule has 4 nitrogen and oxygen atoms in total. The molecule has 0 fully saturated rings. The summed E-state index contributed by atoms with van der Waals surface area (Å²) < 4.78 is 18.6. The maximum Gasteiger partial charge on any atom is 0.262 e. The first-order chi connectivity index (χ1) is 15.9. The van der Waals surface area contributed by atoms with Gasteiger partial charge >= 0.3 is 0 Å². The molecule has 0 aromatic heterocycles. The van der Waals surface area contributed by atoms with Crippen molar-refractivity contribution >= 4 is 35.1 Å². The molecule has 0 bridgehead atoms. The summed E-state index contributed by atoms with van der Waals surface area (Å²) in [6.45, 7) is 0. The van der Waals surface area contributed by atoms with E-state index >= 15 is 0 Å². The molecule has 0 radical (unpaired) electrons. The van der Waals surface area contributed by atoms with Crippen molar-refractivity contribution in [2.45, 2.75) is 6.42 Å². The summed E-state index contributed by atoms with van der Waals surface area (Å²) in [6.07, 6.45) is 1.97. The lowest BCUT2D eigenvalue weighted by Crippen LogP contribution is -2.36. The minimum atomic E-state index is -0.569. The summed E-state index contributed by atoms with van der Waals surface area (Å²) >= 11 is 5.84. The predicted molar refractivity (Wildman–Crippen MR) is 127 cm³/mol. The third-order valence-corrected chi connectivity index (χ3v) is 5.61. The zero-order valence-corrected chi connectivity index (χ0v) is 18.7. The smallest absolute Gasteiger partial charge is 0.262 e. The van der Waals surface area contributed by atoms with Crippen LogP contribution in [-0.4, -0.2) is 25.8 Å². The second kappa shape index (κ2) is 9.32. The normalized spacial score (nSPS) is 14.1. The van der Waals surface area contributed by atoms with Crippen molar-refractivity contribution in [3.63, 3.8) is 0 Å². The van der Waals surface area contributed by atoms with Crippen LogP contribution >= 0.6 is 11.6 Å². The van der Waals surface area contributed by atoms with Gasteiger partial charge < -0.3 is 9.64 Å². The van der Waals surface area contributed by atoms with E-state index in [4.69, 9.17) is 16.3 Å².